The SMILES string of the molecule is COCCC(N)CC(=O)c1c(F)cccc1F. The summed E-state index contributed by atoms with van der Waals surface area (Å²) in [5.74, 6) is -2.33. The molecule has 0 radical (unpaired) electrons. The van der Waals surface area contributed by atoms with Crippen LogP contribution in [0.2, 0.25) is 0 Å². The second-order valence-corrected chi connectivity index (χ2v) is 3.77. The molecule has 17 heavy (non-hydrogen) atoms. The van der Waals surface area contributed by atoms with Crippen LogP contribution < -0.4 is 5.73 Å². The lowest BCUT2D eigenvalue weighted by atomic mass is 10.0. The van der Waals surface area contributed by atoms with Crippen molar-refractivity contribution in [3.05, 3.63) is 35.4 Å². The van der Waals surface area contributed by atoms with Crippen molar-refractivity contribution in [3.63, 3.8) is 0 Å². The van der Waals surface area contributed by atoms with Crippen LogP contribution in [0.25, 0.3) is 0 Å². The maximum atomic E-state index is 13.3. The van der Waals surface area contributed by atoms with Crippen LogP contribution in [-0.4, -0.2) is 25.5 Å². The molecule has 1 aromatic carbocycles. The Morgan fingerprint density at radius 2 is 2.00 bits per heavy atom. The van der Waals surface area contributed by atoms with Crippen molar-refractivity contribution in [1.82, 2.24) is 0 Å². The summed E-state index contributed by atoms with van der Waals surface area (Å²) in [5.41, 5.74) is 5.14. The number of hydrogen-bond acceptors (Lipinski definition) is 3. The van der Waals surface area contributed by atoms with Crippen LogP contribution in [0.5, 0.6) is 0 Å². The van der Waals surface area contributed by atoms with E-state index in [4.69, 9.17) is 10.5 Å². The van der Waals surface area contributed by atoms with Gasteiger partial charge < -0.3 is 10.5 Å². The second kappa shape index (κ2) is 6.42. The fraction of sp³-hybridized carbons (Fsp3) is 0.417. The van der Waals surface area contributed by atoms with Crippen LogP contribution >= 0.6 is 0 Å². The highest BCUT2D eigenvalue weighted by Crippen LogP contribution is 2.15. The standard InChI is InChI=1S/C12H15F2NO2/c1-17-6-5-8(15)7-11(16)12-9(13)3-2-4-10(12)14/h2-4,8H,5-7,15H2,1H3. The Balaban J connectivity index is 2.70. The van der Waals surface area contributed by atoms with Gasteiger partial charge in [-0.15, -0.1) is 0 Å². The van der Waals surface area contributed by atoms with Crippen LogP contribution in [0, 0.1) is 11.6 Å². The molecule has 0 amide bonds. The number of rotatable bonds is 6. The number of carbonyl (C=O) groups is 1. The number of ether oxygens (including phenoxy) is 1. The first-order valence-electron chi connectivity index (χ1n) is 5.28. The van der Waals surface area contributed by atoms with Gasteiger partial charge in [-0.3, -0.25) is 4.79 Å². The van der Waals surface area contributed by atoms with Gasteiger partial charge in [-0.25, -0.2) is 8.78 Å². The second-order valence-electron chi connectivity index (χ2n) is 3.77. The van der Waals surface area contributed by atoms with E-state index in [2.05, 4.69) is 0 Å². The fourth-order valence-electron chi connectivity index (χ4n) is 1.48. The minimum atomic E-state index is -0.853. The Morgan fingerprint density at radius 1 is 1.41 bits per heavy atom. The van der Waals surface area contributed by atoms with E-state index in [1.807, 2.05) is 0 Å². The van der Waals surface area contributed by atoms with E-state index in [0.717, 1.165) is 12.1 Å². The Bertz CT molecular complexity index is 376. The molecule has 0 saturated heterocycles. The largest absolute Gasteiger partial charge is 0.385 e. The monoisotopic (exact) mass is 243 g/mol. The van der Waals surface area contributed by atoms with Crippen LogP contribution in [0.1, 0.15) is 23.2 Å². The summed E-state index contributed by atoms with van der Waals surface area (Å²) in [5, 5.41) is 0. The average molecular weight is 243 g/mol. The Labute approximate surface area is 98.6 Å². The molecule has 0 saturated carbocycles. The van der Waals surface area contributed by atoms with Gasteiger partial charge in [0.05, 0.1) is 5.56 Å². The molecule has 1 unspecified atom stereocenters. The predicted molar refractivity (Wildman–Crippen MR) is 59.8 cm³/mol. The van der Waals surface area contributed by atoms with E-state index in [1.165, 1.54) is 13.2 Å². The van der Waals surface area contributed by atoms with E-state index >= 15 is 0 Å². The van der Waals surface area contributed by atoms with Crippen molar-refractivity contribution >= 4 is 5.78 Å². The van der Waals surface area contributed by atoms with Crippen LogP contribution in [-0.2, 0) is 4.74 Å². The number of carbonyl (C=O) groups excluding carboxylic acids is 1. The van der Waals surface area contributed by atoms with E-state index in [1.54, 1.807) is 0 Å². The highest BCUT2D eigenvalue weighted by Gasteiger charge is 2.19. The van der Waals surface area contributed by atoms with Gasteiger partial charge in [-0.1, -0.05) is 6.07 Å². The lowest BCUT2D eigenvalue weighted by Crippen LogP contribution is -2.26. The summed E-state index contributed by atoms with van der Waals surface area (Å²) >= 11 is 0. The minimum absolute atomic E-state index is 0.0960. The highest BCUT2D eigenvalue weighted by molar-refractivity contribution is 5.96. The molecule has 0 fully saturated rings. The smallest absolute Gasteiger partial charge is 0.170 e. The summed E-state index contributed by atoms with van der Waals surface area (Å²) in [4.78, 5) is 11.7. The lowest BCUT2D eigenvalue weighted by molar-refractivity contribution is 0.0958. The third-order valence-corrected chi connectivity index (χ3v) is 2.38. The molecule has 0 aliphatic rings. The molecule has 5 heteroatoms. The maximum absolute atomic E-state index is 13.3. The quantitative estimate of drug-likeness (QED) is 0.776. The van der Waals surface area contributed by atoms with Crippen molar-refractivity contribution in [2.75, 3.05) is 13.7 Å². The molecule has 2 N–H and O–H groups in total. The molecule has 0 aromatic heterocycles. The van der Waals surface area contributed by atoms with Crippen LogP contribution in [0.15, 0.2) is 18.2 Å². The molecule has 3 nitrogen and oxygen atoms in total. The molecule has 0 bridgehead atoms. The zero-order valence-corrected chi connectivity index (χ0v) is 9.58. The first kappa shape index (κ1) is 13.7. The zero-order chi connectivity index (χ0) is 12.8. The molecule has 1 atom stereocenters. The molecule has 0 aliphatic carbocycles. The normalized spacial score (nSPS) is 12.5. The number of Topliss-reactive ketones (excluding diaryl/α,β-unsaturated/α-hetero) is 1. The van der Waals surface area contributed by atoms with Gasteiger partial charge in [-0.2, -0.15) is 0 Å². The summed E-state index contributed by atoms with van der Waals surface area (Å²) in [7, 11) is 1.52. The van der Waals surface area contributed by atoms with E-state index < -0.39 is 29.0 Å². The van der Waals surface area contributed by atoms with Crippen molar-refractivity contribution in [2.24, 2.45) is 5.73 Å². The van der Waals surface area contributed by atoms with Gasteiger partial charge in [-0.05, 0) is 18.6 Å². The third-order valence-electron chi connectivity index (χ3n) is 2.38. The van der Waals surface area contributed by atoms with Gasteiger partial charge in [0, 0.05) is 26.2 Å². The van der Waals surface area contributed by atoms with E-state index in [-0.39, 0.29) is 6.42 Å². The number of ketones is 1. The summed E-state index contributed by atoms with van der Waals surface area (Å²) in [6.45, 7) is 0.411. The van der Waals surface area contributed by atoms with E-state index in [0.29, 0.717) is 13.0 Å². The summed E-state index contributed by atoms with van der Waals surface area (Å²) in [6, 6.07) is 2.86. The van der Waals surface area contributed by atoms with Crippen molar-refractivity contribution in [1.29, 1.82) is 0 Å². The van der Waals surface area contributed by atoms with Gasteiger partial charge in [0.25, 0.3) is 0 Å². The summed E-state index contributed by atoms with van der Waals surface area (Å²) < 4.78 is 31.4. The number of methoxy groups -OCH3 is 1. The van der Waals surface area contributed by atoms with Crippen LogP contribution in [0.3, 0.4) is 0 Å². The molecule has 0 heterocycles. The number of nitrogens with two attached hydrogens (primary N) is 1. The molecule has 94 valence electrons. The Morgan fingerprint density at radius 3 is 2.53 bits per heavy atom. The summed E-state index contributed by atoms with van der Waals surface area (Å²) in [6.07, 6.45) is 0.375. The van der Waals surface area contributed by atoms with Gasteiger partial charge in [0.15, 0.2) is 5.78 Å². The molecular formula is C12H15F2NO2. The Hall–Kier alpha value is -1.33. The van der Waals surface area contributed by atoms with Crippen molar-refractivity contribution in [3.8, 4) is 0 Å². The van der Waals surface area contributed by atoms with Gasteiger partial charge in [0.2, 0.25) is 0 Å². The minimum Gasteiger partial charge on any atom is -0.385 e. The first-order chi connectivity index (χ1) is 8.06. The zero-order valence-electron chi connectivity index (χ0n) is 9.58. The molecular weight excluding hydrogens is 228 g/mol. The van der Waals surface area contributed by atoms with Crippen LogP contribution in [0.4, 0.5) is 8.78 Å². The van der Waals surface area contributed by atoms with Gasteiger partial charge in [0.1, 0.15) is 11.6 Å². The molecule has 0 spiro atoms. The predicted octanol–water partition coefficient (Wildman–Crippen LogP) is 1.90. The fourth-order valence-corrected chi connectivity index (χ4v) is 1.48. The highest BCUT2D eigenvalue weighted by atomic mass is 19.1. The number of benzene rings is 1. The van der Waals surface area contributed by atoms with Crippen molar-refractivity contribution in [2.45, 2.75) is 18.9 Å². The average Bonchev–Trinajstić information content (AvgIpc) is 2.26. The van der Waals surface area contributed by atoms with E-state index in [9.17, 15) is 13.6 Å². The molecule has 1 rings (SSSR count). The van der Waals surface area contributed by atoms with Gasteiger partial charge >= 0.3 is 0 Å². The topological polar surface area (TPSA) is 52.3 Å². The lowest BCUT2D eigenvalue weighted by Gasteiger charge is -2.10. The third kappa shape index (κ3) is 3.87. The molecule has 0 aliphatic heterocycles. The van der Waals surface area contributed by atoms with Crippen molar-refractivity contribution < 1.29 is 18.3 Å². The Kier molecular flexibility index (Phi) is 5.18. The number of halogens is 2. The number of hydrogen-bond donors (Lipinski definition) is 1. The molecule has 1 aromatic rings. The first-order valence-corrected chi connectivity index (χ1v) is 5.28. The maximum Gasteiger partial charge on any atom is 0.170 e.